The van der Waals surface area contributed by atoms with E-state index in [-0.39, 0.29) is 6.04 Å². The lowest BCUT2D eigenvalue weighted by Gasteiger charge is -2.25. The van der Waals surface area contributed by atoms with Gasteiger partial charge in [-0.2, -0.15) is 0 Å². The van der Waals surface area contributed by atoms with Crippen molar-refractivity contribution in [3.8, 4) is 0 Å². The molecule has 0 aliphatic heterocycles. The van der Waals surface area contributed by atoms with Crippen LogP contribution >= 0.6 is 0 Å². The number of carbonyl (C=O) groups is 2. The summed E-state index contributed by atoms with van der Waals surface area (Å²) in [7, 11) is 0. The third-order valence-corrected chi connectivity index (χ3v) is 3.19. The second kappa shape index (κ2) is 4.67. The summed E-state index contributed by atoms with van der Waals surface area (Å²) in [5, 5.41) is 15.4. The molecule has 2 rings (SSSR count). The average molecular weight is 270 g/mol. The van der Waals surface area contributed by atoms with Gasteiger partial charge in [0.25, 0.3) is 5.91 Å². The zero-order valence-corrected chi connectivity index (χ0v) is 11.7. The van der Waals surface area contributed by atoms with Gasteiger partial charge in [0, 0.05) is 11.6 Å². The zero-order chi connectivity index (χ0) is 14.3. The number of aliphatic hydroxyl groups is 1. The molecule has 0 aromatic carbocycles. The third-order valence-electron chi connectivity index (χ3n) is 3.19. The van der Waals surface area contributed by atoms with Gasteiger partial charge in [-0.25, -0.2) is 4.79 Å². The highest BCUT2D eigenvalue weighted by atomic mass is 16.6. The van der Waals surface area contributed by atoms with Crippen LogP contribution in [0.5, 0.6) is 0 Å². The van der Waals surface area contributed by atoms with Crippen molar-refractivity contribution in [2.24, 2.45) is 0 Å². The number of hydrogen-bond acceptors (Lipinski definition) is 4. The Morgan fingerprint density at radius 1 is 1.32 bits per heavy atom. The Morgan fingerprint density at radius 3 is 2.32 bits per heavy atom. The Labute approximate surface area is 112 Å². The molecule has 2 aliphatic rings. The molecule has 0 spiro atoms. The topological polar surface area (TPSA) is 87.7 Å². The normalized spacial score (nSPS) is 22.3. The van der Waals surface area contributed by atoms with Gasteiger partial charge in [-0.1, -0.05) is 0 Å². The molecular formula is C13H22N2O4. The first-order valence-corrected chi connectivity index (χ1v) is 6.71. The quantitative estimate of drug-likeness (QED) is 0.701. The lowest BCUT2D eigenvalue weighted by Crippen LogP contribution is -2.49. The van der Waals surface area contributed by atoms with Crippen LogP contribution in [-0.2, 0) is 9.53 Å². The fraction of sp³-hybridized carbons (Fsp3) is 0.846. The smallest absolute Gasteiger partial charge is 0.408 e. The van der Waals surface area contributed by atoms with Crippen molar-refractivity contribution >= 4 is 12.0 Å². The molecule has 0 radical (unpaired) electrons. The number of hydrogen-bond donors (Lipinski definition) is 3. The van der Waals surface area contributed by atoms with E-state index < -0.39 is 29.2 Å². The van der Waals surface area contributed by atoms with Crippen molar-refractivity contribution in [2.75, 3.05) is 0 Å². The van der Waals surface area contributed by atoms with Gasteiger partial charge in [-0.15, -0.1) is 0 Å². The van der Waals surface area contributed by atoms with Crippen molar-refractivity contribution in [1.29, 1.82) is 0 Å². The zero-order valence-electron chi connectivity index (χ0n) is 11.7. The molecule has 2 fully saturated rings. The van der Waals surface area contributed by atoms with Crippen molar-refractivity contribution < 1.29 is 19.4 Å². The molecule has 19 heavy (non-hydrogen) atoms. The molecule has 108 valence electrons. The van der Waals surface area contributed by atoms with E-state index in [0.717, 1.165) is 12.8 Å². The predicted molar refractivity (Wildman–Crippen MR) is 68.5 cm³/mol. The average Bonchev–Trinajstić information content (AvgIpc) is 3.10. The minimum absolute atomic E-state index is 0.182. The minimum Gasteiger partial charge on any atom is -0.440 e. The van der Waals surface area contributed by atoms with Crippen LogP contribution in [0.4, 0.5) is 4.79 Å². The molecule has 0 aromatic heterocycles. The van der Waals surface area contributed by atoms with Crippen LogP contribution in [0, 0.1) is 0 Å². The molecule has 0 heterocycles. The maximum atomic E-state index is 11.8. The second-order valence-electron chi connectivity index (χ2n) is 6.51. The minimum atomic E-state index is -1.28. The molecule has 2 saturated carbocycles. The molecule has 6 nitrogen and oxygen atoms in total. The SMILES string of the molecule is CC(C)(C)NC(=O)OC1(C(O)C(=O)NC2CC2)CC1. The van der Waals surface area contributed by atoms with E-state index in [0.29, 0.717) is 12.8 Å². The Bertz CT molecular complexity index is 381. The summed E-state index contributed by atoms with van der Waals surface area (Å²) in [5.74, 6) is -0.441. The van der Waals surface area contributed by atoms with Crippen molar-refractivity contribution in [1.82, 2.24) is 10.6 Å². The first kappa shape index (κ1) is 14.1. The molecule has 0 saturated heterocycles. The van der Waals surface area contributed by atoms with Crippen molar-refractivity contribution in [3.05, 3.63) is 0 Å². The van der Waals surface area contributed by atoms with E-state index in [1.165, 1.54) is 0 Å². The fourth-order valence-corrected chi connectivity index (χ4v) is 1.82. The summed E-state index contributed by atoms with van der Waals surface area (Å²) < 4.78 is 5.25. The largest absolute Gasteiger partial charge is 0.440 e. The Kier molecular flexibility index (Phi) is 3.47. The third kappa shape index (κ3) is 3.83. The Hall–Kier alpha value is -1.30. The standard InChI is InChI=1S/C13H22N2O4/c1-12(2,3)15-11(18)19-13(6-7-13)9(16)10(17)14-8-4-5-8/h8-9,16H,4-7H2,1-3H3,(H,14,17)(H,15,18). The molecule has 2 aliphatic carbocycles. The van der Waals surface area contributed by atoms with Crippen molar-refractivity contribution in [2.45, 2.75) is 69.7 Å². The maximum Gasteiger partial charge on any atom is 0.408 e. The van der Waals surface area contributed by atoms with E-state index in [1.807, 2.05) is 20.8 Å². The van der Waals surface area contributed by atoms with Gasteiger partial charge < -0.3 is 20.5 Å². The van der Waals surface area contributed by atoms with E-state index in [4.69, 9.17) is 4.74 Å². The van der Waals surface area contributed by atoms with Crippen LogP contribution in [0.15, 0.2) is 0 Å². The second-order valence-corrected chi connectivity index (χ2v) is 6.51. The maximum absolute atomic E-state index is 11.8. The van der Waals surface area contributed by atoms with E-state index in [2.05, 4.69) is 10.6 Å². The van der Waals surface area contributed by atoms with Crippen LogP contribution in [0.2, 0.25) is 0 Å². The summed E-state index contributed by atoms with van der Waals surface area (Å²) >= 11 is 0. The van der Waals surface area contributed by atoms with Crippen LogP contribution in [0.3, 0.4) is 0 Å². The number of nitrogens with one attached hydrogen (secondary N) is 2. The predicted octanol–water partition coefficient (Wildman–Crippen LogP) is 0.683. The number of alkyl carbamates (subject to hydrolysis) is 1. The summed E-state index contributed by atoms with van der Waals surface area (Å²) in [5.41, 5.74) is -1.44. The van der Waals surface area contributed by atoms with E-state index in [9.17, 15) is 14.7 Å². The number of aliphatic hydroxyl groups excluding tert-OH is 1. The first-order valence-electron chi connectivity index (χ1n) is 6.71. The van der Waals surface area contributed by atoms with Crippen LogP contribution in [-0.4, -0.2) is 40.4 Å². The molecule has 1 unspecified atom stereocenters. The summed E-state index contributed by atoms with van der Waals surface area (Å²) in [6, 6.07) is 0.182. The fourth-order valence-electron chi connectivity index (χ4n) is 1.82. The molecule has 2 amide bonds. The van der Waals surface area contributed by atoms with Gasteiger partial charge in [0.2, 0.25) is 0 Å². The number of carbonyl (C=O) groups excluding carboxylic acids is 2. The molecule has 3 N–H and O–H groups in total. The number of rotatable bonds is 4. The summed E-state index contributed by atoms with van der Waals surface area (Å²) in [6.45, 7) is 5.51. The van der Waals surface area contributed by atoms with Gasteiger partial charge >= 0.3 is 6.09 Å². The van der Waals surface area contributed by atoms with E-state index >= 15 is 0 Å². The lowest BCUT2D eigenvalue weighted by atomic mass is 10.1. The lowest BCUT2D eigenvalue weighted by molar-refractivity contribution is -0.137. The van der Waals surface area contributed by atoms with Crippen LogP contribution in [0.1, 0.15) is 46.5 Å². The molecule has 6 heteroatoms. The van der Waals surface area contributed by atoms with Gasteiger partial charge in [-0.3, -0.25) is 4.79 Å². The highest BCUT2D eigenvalue weighted by Gasteiger charge is 2.56. The summed E-state index contributed by atoms with van der Waals surface area (Å²) in [6.07, 6.45) is 1.07. The molecule has 0 aromatic rings. The highest BCUT2D eigenvalue weighted by Crippen LogP contribution is 2.43. The molecule has 0 bridgehead atoms. The highest BCUT2D eigenvalue weighted by molar-refractivity contribution is 5.83. The van der Waals surface area contributed by atoms with Gasteiger partial charge in [0.15, 0.2) is 6.10 Å². The van der Waals surface area contributed by atoms with Crippen LogP contribution in [0.25, 0.3) is 0 Å². The Morgan fingerprint density at radius 2 is 1.89 bits per heavy atom. The monoisotopic (exact) mass is 270 g/mol. The molecule has 1 atom stereocenters. The van der Waals surface area contributed by atoms with Gasteiger partial charge in [0.05, 0.1) is 0 Å². The van der Waals surface area contributed by atoms with Crippen molar-refractivity contribution in [3.63, 3.8) is 0 Å². The van der Waals surface area contributed by atoms with Gasteiger partial charge in [0.1, 0.15) is 5.60 Å². The Balaban J connectivity index is 1.87. The van der Waals surface area contributed by atoms with E-state index in [1.54, 1.807) is 0 Å². The summed E-state index contributed by atoms with van der Waals surface area (Å²) in [4.78, 5) is 23.5. The number of amides is 2. The van der Waals surface area contributed by atoms with Gasteiger partial charge in [-0.05, 0) is 46.5 Å². The first-order chi connectivity index (χ1) is 8.72. The van der Waals surface area contributed by atoms with Crippen LogP contribution < -0.4 is 10.6 Å². The molecular weight excluding hydrogens is 248 g/mol. The number of ether oxygens (including phenoxy) is 1.